The van der Waals surface area contributed by atoms with Gasteiger partial charge in [-0.3, -0.25) is 9.59 Å². The van der Waals surface area contributed by atoms with Crippen molar-refractivity contribution in [3.63, 3.8) is 0 Å². The van der Waals surface area contributed by atoms with Crippen LogP contribution in [0, 0.1) is 6.92 Å². The summed E-state index contributed by atoms with van der Waals surface area (Å²) >= 11 is 0. The molecule has 0 aliphatic heterocycles. The molecule has 0 radical (unpaired) electrons. The predicted molar refractivity (Wildman–Crippen MR) is 93.9 cm³/mol. The van der Waals surface area contributed by atoms with Crippen LogP contribution in [-0.4, -0.2) is 11.8 Å². The Hall–Kier alpha value is -2.83. The standard InChI is InChI=1S/C19H19F3N2O2/c1-12-4-3-5-14(10-12)6-9-18(26)24-17-8-7-15(23-13(2)25)11-16(17)19(20,21)22/h3-5,7-8,10-11H,6,9H2,1-2H3,(H,23,25)(H,24,26). The summed E-state index contributed by atoms with van der Waals surface area (Å²) < 4.78 is 39.7. The van der Waals surface area contributed by atoms with Gasteiger partial charge in [-0.1, -0.05) is 29.8 Å². The molecule has 2 rings (SSSR count). The molecule has 2 amide bonds. The number of carbonyl (C=O) groups excluding carboxylic acids is 2. The maximum absolute atomic E-state index is 13.2. The lowest BCUT2D eigenvalue weighted by molar-refractivity contribution is -0.137. The number of carbonyl (C=O) groups is 2. The SMILES string of the molecule is CC(=O)Nc1ccc(NC(=O)CCc2cccc(C)c2)c(C(F)(F)F)c1. The maximum Gasteiger partial charge on any atom is 0.418 e. The molecule has 0 spiro atoms. The van der Waals surface area contributed by atoms with Gasteiger partial charge in [-0.25, -0.2) is 0 Å². The van der Waals surface area contributed by atoms with Gasteiger partial charge in [-0.2, -0.15) is 13.2 Å². The van der Waals surface area contributed by atoms with Crippen LogP contribution in [0.3, 0.4) is 0 Å². The van der Waals surface area contributed by atoms with Gasteiger partial charge in [0.25, 0.3) is 0 Å². The van der Waals surface area contributed by atoms with E-state index in [1.807, 2.05) is 31.2 Å². The van der Waals surface area contributed by atoms with Gasteiger partial charge in [0.05, 0.1) is 11.3 Å². The van der Waals surface area contributed by atoms with Crippen LogP contribution in [0.15, 0.2) is 42.5 Å². The highest BCUT2D eigenvalue weighted by atomic mass is 19.4. The Morgan fingerprint density at radius 3 is 2.38 bits per heavy atom. The van der Waals surface area contributed by atoms with Crippen molar-refractivity contribution in [2.24, 2.45) is 0 Å². The van der Waals surface area contributed by atoms with E-state index in [0.717, 1.165) is 23.3 Å². The first-order valence-corrected chi connectivity index (χ1v) is 7.99. The van der Waals surface area contributed by atoms with E-state index >= 15 is 0 Å². The van der Waals surface area contributed by atoms with Crippen LogP contribution >= 0.6 is 0 Å². The molecule has 2 aromatic carbocycles. The minimum Gasteiger partial charge on any atom is -0.326 e. The average molecular weight is 364 g/mol. The molecule has 0 bridgehead atoms. The summed E-state index contributed by atoms with van der Waals surface area (Å²) in [6.07, 6.45) is -4.17. The van der Waals surface area contributed by atoms with Gasteiger partial charge in [0, 0.05) is 19.0 Å². The van der Waals surface area contributed by atoms with E-state index in [9.17, 15) is 22.8 Å². The Labute approximate surface area is 149 Å². The fraction of sp³-hybridized carbons (Fsp3) is 0.263. The van der Waals surface area contributed by atoms with Crippen molar-refractivity contribution >= 4 is 23.2 Å². The summed E-state index contributed by atoms with van der Waals surface area (Å²) in [6.45, 7) is 3.13. The molecule has 0 unspecified atom stereocenters. The fourth-order valence-electron chi connectivity index (χ4n) is 2.51. The first-order chi connectivity index (χ1) is 12.1. The number of aryl methyl sites for hydroxylation is 2. The normalized spacial score (nSPS) is 11.1. The highest BCUT2D eigenvalue weighted by Gasteiger charge is 2.34. The fourth-order valence-corrected chi connectivity index (χ4v) is 2.51. The third-order valence-corrected chi connectivity index (χ3v) is 3.64. The molecule has 0 saturated carbocycles. The second-order valence-electron chi connectivity index (χ2n) is 5.98. The van der Waals surface area contributed by atoms with E-state index in [4.69, 9.17) is 0 Å². The zero-order valence-electron chi connectivity index (χ0n) is 14.4. The molecule has 0 atom stereocenters. The highest BCUT2D eigenvalue weighted by Crippen LogP contribution is 2.36. The second-order valence-corrected chi connectivity index (χ2v) is 5.98. The molecule has 2 N–H and O–H groups in total. The van der Waals surface area contributed by atoms with Gasteiger partial charge < -0.3 is 10.6 Å². The summed E-state index contributed by atoms with van der Waals surface area (Å²) in [6, 6.07) is 10.8. The molecular formula is C19H19F3N2O2. The summed E-state index contributed by atoms with van der Waals surface area (Å²) in [5, 5.41) is 4.61. The van der Waals surface area contributed by atoms with Crippen molar-refractivity contribution in [1.29, 1.82) is 0 Å². The molecule has 2 aromatic rings. The van der Waals surface area contributed by atoms with Gasteiger partial charge in [0.2, 0.25) is 11.8 Å². The second kappa shape index (κ2) is 8.03. The molecule has 7 heteroatoms. The molecule has 0 aromatic heterocycles. The number of rotatable bonds is 5. The monoisotopic (exact) mass is 364 g/mol. The largest absolute Gasteiger partial charge is 0.418 e. The zero-order valence-corrected chi connectivity index (χ0v) is 14.4. The number of nitrogens with one attached hydrogen (secondary N) is 2. The third-order valence-electron chi connectivity index (χ3n) is 3.64. The van der Waals surface area contributed by atoms with Crippen molar-refractivity contribution in [1.82, 2.24) is 0 Å². The smallest absolute Gasteiger partial charge is 0.326 e. The quantitative estimate of drug-likeness (QED) is 0.818. The van der Waals surface area contributed by atoms with Gasteiger partial charge in [-0.05, 0) is 37.1 Å². The van der Waals surface area contributed by atoms with Crippen molar-refractivity contribution in [3.8, 4) is 0 Å². The van der Waals surface area contributed by atoms with Crippen molar-refractivity contribution in [2.45, 2.75) is 32.9 Å². The van der Waals surface area contributed by atoms with Gasteiger partial charge in [0.15, 0.2) is 0 Å². The first kappa shape index (κ1) is 19.5. The van der Waals surface area contributed by atoms with Crippen molar-refractivity contribution in [3.05, 3.63) is 59.2 Å². The lowest BCUT2D eigenvalue weighted by atomic mass is 10.1. The molecule has 138 valence electrons. The molecule has 4 nitrogen and oxygen atoms in total. The molecule has 0 aliphatic carbocycles. The summed E-state index contributed by atoms with van der Waals surface area (Å²) in [4.78, 5) is 23.1. The number of halogens is 3. The Morgan fingerprint density at radius 1 is 1.04 bits per heavy atom. The topological polar surface area (TPSA) is 58.2 Å². The van der Waals surface area contributed by atoms with E-state index in [2.05, 4.69) is 10.6 Å². The summed E-state index contributed by atoms with van der Waals surface area (Å²) in [7, 11) is 0. The van der Waals surface area contributed by atoms with E-state index in [1.54, 1.807) is 0 Å². The molecular weight excluding hydrogens is 345 g/mol. The summed E-state index contributed by atoms with van der Waals surface area (Å²) in [5.41, 5.74) is 0.670. The van der Waals surface area contributed by atoms with E-state index < -0.39 is 23.6 Å². The minimum absolute atomic E-state index is 0.0163. The van der Waals surface area contributed by atoms with Crippen LogP contribution in [-0.2, 0) is 22.2 Å². The van der Waals surface area contributed by atoms with Crippen LogP contribution < -0.4 is 10.6 Å². The number of hydrogen-bond donors (Lipinski definition) is 2. The third kappa shape index (κ3) is 5.61. The maximum atomic E-state index is 13.2. The van der Waals surface area contributed by atoms with E-state index in [1.165, 1.54) is 13.0 Å². The summed E-state index contributed by atoms with van der Waals surface area (Å²) in [5.74, 6) is -0.989. The average Bonchev–Trinajstić information content (AvgIpc) is 2.53. The molecule has 0 saturated heterocycles. The number of anilines is 2. The van der Waals surface area contributed by atoms with E-state index in [-0.39, 0.29) is 17.8 Å². The van der Waals surface area contributed by atoms with Gasteiger partial charge in [-0.15, -0.1) is 0 Å². The molecule has 26 heavy (non-hydrogen) atoms. The van der Waals surface area contributed by atoms with Crippen LogP contribution in [0.1, 0.15) is 30.0 Å². The minimum atomic E-state index is -4.66. The molecule has 0 fully saturated rings. The zero-order chi connectivity index (χ0) is 19.3. The van der Waals surface area contributed by atoms with Crippen LogP contribution in [0.2, 0.25) is 0 Å². The highest BCUT2D eigenvalue weighted by molar-refractivity contribution is 5.93. The van der Waals surface area contributed by atoms with Gasteiger partial charge in [0.1, 0.15) is 0 Å². The number of hydrogen-bond acceptors (Lipinski definition) is 2. The Bertz CT molecular complexity index is 817. The Morgan fingerprint density at radius 2 is 1.77 bits per heavy atom. The number of amides is 2. The lowest BCUT2D eigenvalue weighted by Gasteiger charge is -2.15. The van der Waals surface area contributed by atoms with Crippen molar-refractivity contribution < 1.29 is 22.8 Å². The van der Waals surface area contributed by atoms with Crippen LogP contribution in [0.5, 0.6) is 0 Å². The Balaban J connectivity index is 2.11. The number of alkyl halides is 3. The van der Waals surface area contributed by atoms with Crippen LogP contribution in [0.25, 0.3) is 0 Å². The van der Waals surface area contributed by atoms with Crippen LogP contribution in [0.4, 0.5) is 24.5 Å². The molecule has 0 heterocycles. The van der Waals surface area contributed by atoms with E-state index in [0.29, 0.717) is 6.42 Å². The first-order valence-electron chi connectivity index (χ1n) is 7.99. The lowest BCUT2D eigenvalue weighted by Crippen LogP contribution is -2.17. The predicted octanol–water partition coefficient (Wildman–Crippen LogP) is 4.54. The van der Waals surface area contributed by atoms with Gasteiger partial charge >= 0.3 is 6.18 Å². The van der Waals surface area contributed by atoms with Crippen molar-refractivity contribution in [2.75, 3.05) is 10.6 Å². The number of benzene rings is 2. The Kier molecular flexibility index (Phi) is 6.02. The molecule has 0 aliphatic rings.